The minimum atomic E-state index is -3.58. The highest BCUT2D eigenvalue weighted by molar-refractivity contribution is 8.42. The number of benzene rings is 1. The fourth-order valence-corrected chi connectivity index (χ4v) is 5.26. The van der Waals surface area contributed by atoms with Gasteiger partial charge in [-0.05, 0) is 67.9 Å². The van der Waals surface area contributed by atoms with Crippen molar-refractivity contribution in [2.24, 2.45) is 10.1 Å². The minimum Gasteiger partial charge on any atom is -0.318 e. The molecule has 0 radical (unpaired) electrons. The van der Waals surface area contributed by atoms with E-state index in [1.54, 1.807) is 6.08 Å². The summed E-state index contributed by atoms with van der Waals surface area (Å²) < 4.78 is 25.4. The lowest BCUT2D eigenvalue weighted by atomic mass is 10.1. The van der Waals surface area contributed by atoms with Gasteiger partial charge >= 0.3 is 0 Å². The minimum absolute atomic E-state index is 0.0333. The van der Waals surface area contributed by atoms with E-state index in [9.17, 15) is 13.2 Å². The molecule has 11 heteroatoms. The monoisotopic (exact) mass is 475 g/mol. The number of nitrogens with zero attached hydrogens (tertiary/aromatic N) is 4. The summed E-state index contributed by atoms with van der Waals surface area (Å²) in [5.41, 5.74) is 4.53. The molecule has 8 nitrogen and oxygen atoms in total. The lowest BCUT2D eigenvalue weighted by Gasteiger charge is -2.20. The van der Waals surface area contributed by atoms with Crippen LogP contribution in [0.25, 0.3) is 11.8 Å². The van der Waals surface area contributed by atoms with Gasteiger partial charge < -0.3 is 4.57 Å². The van der Waals surface area contributed by atoms with E-state index in [-0.39, 0.29) is 21.0 Å². The molecule has 0 saturated heterocycles. The van der Waals surface area contributed by atoms with E-state index in [1.165, 1.54) is 0 Å². The summed E-state index contributed by atoms with van der Waals surface area (Å²) in [5, 5.41) is 14.1. The standard InChI is InChI=1S/C20H18ClN5O3S2/c1-10-5-6-14(21)9-16(10)25-11(2)7-13(12(25)3)8-15-17(22)26-19(23-18(15)27)30-20(24-26)31(4,28)29/h5-9,22H,1-4H3/b15-8-,22-17?. The van der Waals surface area contributed by atoms with Crippen LogP contribution < -0.4 is 0 Å². The number of thioether (sulfide) groups is 1. The second-order valence-corrected chi connectivity index (χ2v) is 10.8. The molecular formula is C20H18ClN5O3S2. The highest BCUT2D eigenvalue weighted by Crippen LogP contribution is 2.31. The van der Waals surface area contributed by atoms with Crippen LogP contribution >= 0.6 is 23.4 Å². The van der Waals surface area contributed by atoms with E-state index in [4.69, 9.17) is 17.0 Å². The molecule has 0 fully saturated rings. The number of hydrazone groups is 1. The van der Waals surface area contributed by atoms with Crippen LogP contribution in [0.2, 0.25) is 5.02 Å². The molecule has 1 aromatic carbocycles. The molecule has 31 heavy (non-hydrogen) atoms. The number of sulfone groups is 1. The molecule has 1 N–H and O–H groups in total. The van der Waals surface area contributed by atoms with E-state index in [0.29, 0.717) is 5.02 Å². The maximum absolute atomic E-state index is 12.6. The smallest absolute Gasteiger partial charge is 0.283 e. The third kappa shape index (κ3) is 3.75. The predicted octanol–water partition coefficient (Wildman–Crippen LogP) is 3.68. The lowest BCUT2D eigenvalue weighted by Crippen LogP contribution is -2.35. The molecule has 2 aliphatic rings. The Labute approximate surface area is 188 Å². The van der Waals surface area contributed by atoms with Gasteiger partial charge in [0.05, 0.1) is 5.57 Å². The maximum atomic E-state index is 12.6. The quantitative estimate of drug-likeness (QED) is 0.666. The molecule has 4 rings (SSSR count). The van der Waals surface area contributed by atoms with Crippen molar-refractivity contribution in [1.29, 1.82) is 5.41 Å². The Morgan fingerprint density at radius 1 is 1.19 bits per heavy atom. The van der Waals surface area contributed by atoms with Gasteiger partial charge in [0, 0.05) is 28.4 Å². The second-order valence-electron chi connectivity index (χ2n) is 7.25. The van der Waals surface area contributed by atoms with Crippen molar-refractivity contribution in [2.75, 3.05) is 6.26 Å². The number of hydrogen-bond donors (Lipinski definition) is 1. The number of aryl methyl sites for hydroxylation is 2. The number of hydrogen-bond acceptors (Lipinski definition) is 6. The number of fused-ring (bicyclic) bond motifs is 1. The molecule has 2 aromatic rings. The molecular weight excluding hydrogens is 458 g/mol. The van der Waals surface area contributed by atoms with Crippen LogP contribution in [0.15, 0.2) is 39.9 Å². The number of amides is 1. The van der Waals surface area contributed by atoms with Crippen LogP contribution in [0.3, 0.4) is 0 Å². The average Bonchev–Trinajstić information content (AvgIpc) is 3.22. The van der Waals surface area contributed by atoms with Crippen molar-refractivity contribution in [3.05, 3.63) is 57.4 Å². The number of amidine groups is 2. The van der Waals surface area contributed by atoms with Gasteiger partial charge in [-0.3, -0.25) is 10.2 Å². The van der Waals surface area contributed by atoms with E-state index in [1.807, 2.05) is 49.6 Å². The van der Waals surface area contributed by atoms with Gasteiger partial charge in [0.15, 0.2) is 5.84 Å². The van der Waals surface area contributed by atoms with Crippen LogP contribution in [0, 0.1) is 26.2 Å². The SMILES string of the molecule is Cc1ccc(Cl)cc1-n1c(C)cc(/C=C2/C(=N)N3N=C(S(C)(=O)=O)SC3=NC2=O)c1C. The summed E-state index contributed by atoms with van der Waals surface area (Å²) in [7, 11) is -3.58. The zero-order chi connectivity index (χ0) is 22.7. The third-order valence-corrected chi connectivity index (χ3v) is 7.75. The van der Waals surface area contributed by atoms with Gasteiger partial charge in [0.1, 0.15) is 0 Å². The molecule has 1 aromatic heterocycles. The Kier molecular flexibility index (Phi) is 5.19. The van der Waals surface area contributed by atoms with Crippen LogP contribution in [0.1, 0.15) is 22.5 Å². The zero-order valence-corrected chi connectivity index (χ0v) is 19.5. The number of rotatable bonds is 2. The number of carbonyl (C=O) groups is 1. The number of aliphatic imine (C=N–C) groups is 1. The Balaban J connectivity index is 1.78. The Morgan fingerprint density at radius 3 is 2.58 bits per heavy atom. The predicted molar refractivity (Wildman–Crippen MR) is 125 cm³/mol. The summed E-state index contributed by atoms with van der Waals surface area (Å²) in [4.78, 5) is 16.6. The van der Waals surface area contributed by atoms with Gasteiger partial charge in [0.2, 0.25) is 19.4 Å². The highest BCUT2D eigenvalue weighted by Gasteiger charge is 2.38. The zero-order valence-electron chi connectivity index (χ0n) is 17.1. The number of nitrogens with one attached hydrogen (secondary N) is 1. The summed E-state index contributed by atoms with van der Waals surface area (Å²) in [5.74, 6) is -0.831. The summed E-state index contributed by atoms with van der Waals surface area (Å²) in [6.45, 7) is 5.85. The van der Waals surface area contributed by atoms with Crippen molar-refractivity contribution in [3.63, 3.8) is 0 Å². The molecule has 1 amide bonds. The molecule has 0 bridgehead atoms. The third-order valence-electron chi connectivity index (χ3n) is 4.94. The van der Waals surface area contributed by atoms with Crippen LogP contribution in [-0.4, -0.2) is 45.5 Å². The van der Waals surface area contributed by atoms with Gasteiger partial charge in [-0.2, -0.15) is 10.0 Å². The molecule has 0 saturated carbocycles. The first kappa shape index (κ1) is 21.5. The van der Waals surface area contributed by atoms with Crippen LogP contribution in [0.5, 0.6) is 0 Å². The van der Waals surface area contributed by atoms with Gasteiger partial charge in [0.25, 0.3) is 5.91 Å². The summed E-state index contributed by atoms with van der Waals surface area (Å²) in [6, 6.07) is 7.55. The van der Waals surface area contributed by atoms with Crippen molar-refractivity contribution < 1.29 is 13.2 Å². The van der Waals surface area contributed by atoms with Crippen molar-refractivity contribution in [1.82, 2.24) is 9.58 Å². The molecule has 0 aliphatic carbocycles. The van der Waals surface area contributed by atoms with Crippen molar-refractivity contribution in [2.45, 2.75) is 20.8 Å². The Bertz CT molecular complexity index is 1370. The largest absolute Gasteiger partial charge is 0.318 e. The normalized spacial score (nSPS) is 17.8. The fraction of sp³-hybridized carbons (Fsp3) is 0.200. The topological polar surface area (TPSA) is 108 Å². The first-order chi connectivity index (χ1) is 14.5. The van der Waals surface area contributed by atoms with E-state index < -0.39 is 15.7 Å². The van der Waals surface area contributed by atoms with Crippen LogP contribution in [-0.2, 0) is 14.6 Å². The number of aromatic nitrogens is 1. The highest BCUT2D eigenvalue weighted by atomic mass is 35.5. The van der Waals surface area contributed by atoms with Crippen molar-refractivity contribution >= 4 is 60.6 Å². The van der Waals surface area contributed by atoms with E-state index in [0.717, 1.165) is 51.2 Å². The Hall–Kier alpha value is -2.69. The number of halogens is 1. The average molecular weight is 476 g/mol. The van der Waals surface area contributed by atoms with Gasteiger partial charge in [-0.1, -0.05) is 17.7 Å². The summed E-state index contributed by atoms with van der Waals surface area (Å²) in [6.07, 6.45) is 2.61. The second kappa shape index (κ2) is 7.47. The van der Waals surface area contributed by atoms with Crippen molar-refractivity contribution in [3.8, 4) is 5.69 Å². The molecule has 160 valence electrons. The van der Waals surface area contributed by atoms with Gasteiger partial charge in [-0.25, -0.2) is 8.42 Å². The van der Waals surface area contributed by atoms with E-state index >= 15 is 0 Å². The number of carbonyl (C=O) groups excluding carboxylic acids is 1. The Morgan fingerprint density at radius 2 is 1.90 bits per heavy atom. The van der Waals surface area contributed by atoms with E-state index in [2.05, 4.69) is 10.1 Å². The lowest BCUT2D eigenvalue weighted by molar-refractivity contribution is -0.114. The maximum Gasteiger partial charge on any atom is 0.283 e. The molecule has 3 heterocycles. The molecule has 0 atom stereocenters. The van der Waals surface area contributed by atoms with Crippen LogP contribution in [0.4, 0.5) is 0 Å². The first-order valence-electron chi connectivity index (χ1n) is 9.13. The molecule has 0 unspecified atom stereocenters. The fourth-order valence-electron chi connectivity index (χ4n) is 3.41. The molecule has 0 spiro atoms. The summed E-state index contributed by atoms with van der Waals surface area (Å²) >= 11 is 6.95. The first-order valence-corrected chi connectivity index (χ1v) is 12.2. The van der Waals surface area contributed by atoms with Gasteiger partial charge in [-0.15, -0.1) is 5.10 Å². The molecule has 2 aliphatic heterocycles.